The minimum absolute atomic E-state index is 0.449. The number of aromatic nitrogens is 5. The SMILES string of the molecule is CCNc1nc(NCCS(C)=O)nc(-n2ccnc2)n1. The highest BCUT2D eigenvalue weighted by Gasteiger charge is 2.07. The lowest BCUT2D eigenvalue weighted by Crippen LogP contribution is -2.15. The first-order valence-corrected chi connectivity index (χ1v) is 7.94. The van der Waals surface area contributed by atoms with E-state index < -0.39 is 10.8 Å². The van der Waals surface area contributed by atoms with Crippen LogP contribution in [0.15, 0.2) is 18.7 Å². The second-order valence-electron chi connectivity index (χ2n) is 3.99. The predicted octanol–water partition coefficient (Wildman–Crippen LogP) is 0.279. The van der Waals surface area contributed by atoms with E-state index in [9.17, 15) is 4.21 Å². The Labute approximate surface area is 119 Å². The van der Waals surface area contributed by atoms with Gasteiger partial charge in [-0.3, -0.25) is 8.78 Å². The molecular weight excluding hydrogens is 278 g/mol. The molecule has 1 unspecified atom stereocenters. The Kier molecular flexibility index (Phi) is 4.99. The van der Waals surface area contributed by atoms with E-state index in [2.05, 4.69) is 30.6 Å². The van der Waals surface area contributed by atoms with Gasteiger partial charge in [-0.2, -0.15) is 15.0 Å². The average Bonchev–Trinajstić information content (AvgIpc) is 2.92. The lowest BCUT2D eigenvalue weighted by molar-refractivity contribution is 0.687. The molecule has 108 valence electrons. The Balaban J connectivity index is 2.19. The fourth-order valence-corrected chi connectivity index (χ4v) is 1.87. The van der Waals surface area contributed by atoms with Crippen LogP contribution in [0.4, 0.5) is 11.9 Å². The molecule has 0 saturated heterocycles. The van der Waals surface area contributed by atoms with Crippen molar-refractivity contribution in [2.75, 3.05) is 35.7 Å². The Hall–Kier alpha value is -2.03. The van der Waals surface area contributed by atoms with Crippen LogP contribution in [0.5, 0.6) is 0 Å². The number of nitrogens with zero attached hydrogens (tertiary/aromatic N) is 5. The van der Waals surface area contributed by atoms with Crippen molar-refractivity contribution < 1.29 is 4.21 Å². The van der Waals surface area contributed by atoms with E-state index in [1.54, 1.807) is 29.5 Å². The van der Waals surface area contributed by atoms with E-state index >= 15 is 0 Å². The third kappa shape index (κ3) is 3.98. The molecule has 0 aliphatic carbocycles. The smallest absolute Gasteiger partial charge is 0.241 e. The van der Waals surface area contributed by atoms with Gasteiger partial charge in [-0.05, 0) is 6.92 Å². The first-order chi connectivity index (χ1) is 9.69. The van der Waals surface area contributed by atoms with Crippen LogP contribution in [-0.4, -0.2) is 53.8 Å². The third-order valence-corrected chi connectivity index (χ3v) is 3.15. The zero-order chi connectivity index (χ0) is 14.4. The van der Waals surface area contributed by atoms with Gasteiger partial charge in [-0.1, -0.05) is 0 Å². The van der Waals surface area contributed by atoms with Crippen molar-refractivity contribution in [3.63, 3.8) is 0 Å². The van der Waals surface area contributed by atoms with E-state index in [0.717, 1.165) is 0 Å². The van der Waals surface area contributed by atoms with Crippen molar-refractivity contribution in [2.24, 2.45) is 0 Å². The van der Waals surface area contributed by atoms with Gasteiger partial charge < -0.3 is 10.6 Å². The second-order valence-corrected chi connectivity index (χ2v) is 5.54. The fraction of sp³-hybridized carbons (Fsp3) is 0.455. The van der Waals surface area contributed by atoms with Gasteiger partial charge in [0.05, 0.1) is 0 Å². The van der Waals surface area contributed by atoms with Crippen LogP contribution in [0, 0.1) is 0 Å². The molecule has 8 nitrogen and oxygen atoms in total. The van der Waals surface area contributed by atoms with Crippen molar-refractivity contribution in [1.82, 2.24) is 24.5 Å². The Morgan fingerprint density at radius 2 is 2.00 bits per heavy atom. The Morgan fingerprint density at radius 3 is 2.60 bits per heavy atom. The summed E-state index contributed by atoms with van der Waals surface area (Å²) in [7, 11) is -0.847. The maximum Gasteiger partial charge on any atom is 0.241 e. The molecule has 2 rings (SSSR count). The summed E-state index contributed by atoms with van der Waals surface area (Å²) in [5.74, 6) is 1.97. The lowest BCUT2D eigenvalue weighted by atomic mass is 10.7. The van der Waals surface area contributed by atoms with Gasteiger partial charge in [0.15, 0.2) is 0 Å². The molecule has 2 aromatic heterocycles. The molecule has 20 heavy (non-hydrogen) atoms. The molecule has 0 saturated carbocycles. The second kappa shape index (κ2) is 6.94. The summed E-state index contributed by atoms with van der Waals surface area (Å²) in [6.45, 7) is 3.22. The molecule has 1 atom stereocenters. The molecule has 2 N–H and O–H groups in total. The van der Waals surface area contributed by atoms with Crippen LogP contribution in [0.1, 0.15) is 6.92 Å². The normalized spacial score (nSPS) is 12.1. The Morgan fingerprint density at radius 1 is 1.25 bits per heavy atom. The van der Waals surface area contributed by atoms with Crippen LogP contribution in [0.2, 0.25) is 0 Å². The first kappa shape index (κ1) is 14.4. The monoisotopic (exact) mass is 295 g/mol. The van der Waals surface area contributed by atoms with E-state index in [0.29, 0.717) is 36.7 Å². The van der Waals surface area contributed by atoms with Crippen LogP contribution in [-0.2, 0) is 10.8 Å². The minimum Gasteiger partial charge on any atom is -0.354 e. The largest absolute Gasteiger partial charge is 0.354 e. The summed E-state index contributed by atoms with van der Waals surface area (Å²) in [5.41, 5.74) is 0. The molecule has 9 heteroatoms. The number of hydrogen-bond donors (Lipinski definition) is 2. The molecule has 0 spiro atoms. The molecule has 0 radical (unpaired) electrons. The molecule has 2 aromatic rings. The summed E-state index contributed by atoms with van der Waals surface area (Å²) in [6.07, 6.45) is 6.70. The van der Waals surface area contributed by atoms with Gasteiger partial charge >= 0.3 is 0 Å². The molecule has 0 aliphatic heterocycles. The average molecular weight is 295 g/mol. The molecular formula is C11H17N7OS. The van der Waals surface area contributed by atoms with Crippen LogP contribution < -0.4 is 10.6 Å². The molecule has 0 bridgehead atoms. The summed E-state index contributed by atoms with van der Waals surface area (Å²) >= 11 is 0. The molecule has 2 heterocycles. The topological polar surface area (TPSA) is 97.6 Å². The molecule has 0 aromatic carbocycles. The fourth-order valence-electron chi connectivity index (χ4n) is 1.48. The highest BCUT2D eigenvalue weighted by atomic mass is 32.2. The zero-order valence-electron chi connectivity index (χ0n) is 11.4. The predicted molar refractivity (Wildman–Crippen MR) is 78.5 cm³/mol. The van der Waals surface area contributed by atoms with Gasteiger partial charge in [0.25, 0.3) is 0 Å². The molecule has 0 amide bonds. The quantitative estimate of drug-likeness (QED) is 0.757. The number of nitrogens with one attached hydrogen (secondary N) is 2. The zero-order valence-corrected chi connectivity index (χ0v) is 12.2. The van der Waals surface area contributed by atoms with Crippen LogP contribution >= 0.6 is 0 Å². The van der Waals surface area contributed by atoms with Crippen molar-refractivity contribution in [3.8, 4) is 5.95 Å². The first-order valence-electron chi connectivity index (χ1n) is 6.21. The van der Waals surface area contributed by atoms with E-state index in [-0.39, 0.29) is 0 Å². The maximum atomic E-state index is 11.1. The van der Waals surface area contributed by atoms with E-state index in [4.69, 9.17) is 0 Å². The van der Waals surface area contributed by atoms with Gasteiger partial charge in [0.1, 0.15) is 6.33 Å². The Bertz CT molecular complexity index is 572. The van der Waals surface area contributed by atoms with Crippen molar-refractivity contribution in [3.05, 3.63) is 18.7 Å². The lowest BCUT2D eigenvalue weighted by Gasteiger charge is -2.09. The number of imidazole rings is 1. The van der Waals surface area contributed by atoms with Gasteiger partial charge in [0, 0.05) is 48.3 Å². The summed E-state index contributed by atoms with van der Waals surface area (Å²) in [4.78, 5) is 16.8. The van der Waals surface area contributed by atoms with Gasteiger partial charge in [-0.25, -0.2) is 4.98 Å². The standard InChI is InChI=1S/C11H17N7OS/c1-3-13-9-15-10(14-5-7-20(2)19)17-11(16-9)18-6-4-12-8-18/h4,6,8H,3,5,7H2,1-2H3,(H2,13,14,15,16,17). The summed E-state index contributed by atoms with van der Waals surface area (Å²) in [6, 6.07) is 0. The van der Waals surface area contributed by atoms with Crippen molar-refractivity contribution >= 4 is 22.7 Å². The molecule has 0 fully saturated rings. The number of hydrogen-bond acceptors (Lipinski definition) is 7. The summed E-state index contributed by atoms with van der Waals surface area (Å²) in [5, 5.41) is 6.10. The van der Waals surface area contributed by atoms with Crippen LogP contribution in [0.25, 0.3) is 5.95 Å². The molecule has 0 aliphatic rings. The van der Waals surface area contributed by atoms with Crippen molar-refractivity contribution in [1.29, 1.82) is 0 Å². The number of rotatable bonds is 7. The van der Waals surface area contributed by atoms with Crippen molar-refractivity contribution in [2.45, 2.75) is 6.92 Å². The minimum atomic E-state index is -0.847. The van der Waals surface area contributed by atoms with Gasteiger partial charge in [-0.15, -0.1) is 0 Å². The van der Waals surface area contributed by atoms with E-state index in [1.165, 1.54) is 0 Å². The highest BCUT2D eigenvalue weighted by molar-refractivity contribution is 7.84. The number of anilines is 2. The summed E-state index contributed by atoms with van der Waals surface area (Å²) < 4.78 is 12.8. The van der Waals surface area contributed by atoms with Crippen LogP contribution in [0.3, 0.4) is 0 Å². The van der Waals surface area contributed by atoms with E-state index in [1.807, 2.05) is 6.92 Å². The highest BCUT2D eigenvalue weighted by Crippen LogP contribution is 2.08. The maximum absolute atomic E-state index is 11.1. The van der Waals surface area contributed by atoms with Gasteiger partial charge in [0.2, 0.25) is 17.8 Å². The third-order valence-electron chi connectivity index (χ3n) is 2.37.